The van der Waals surface area contributed by atoms with Crippen molar-refractivity contribution in [1.29, 1.82) is 0 Å². The second-order valence-electron chi connectivity index (χ2n) is 5.56. The first kappa shape index (κ1) is 17.9. The van der Waals surface area contributed by atoms with Gasteiger partial charge in [-0.05, 0) is 24.3 Å². The van der Waals surface area contributed by atoms with E-state index in [0.717, 1.165) is 12.1 Å². The van der Waals surface area contributed by atoms with Crippen LogP contribution in [0.25, 0.3) is 0 Å². The van der Waals surface area contributed by atoms with Gasteiger partial charge in [0, 0.05) is 28.8 Å². The number of nitrogens with one attached hydrogen (secondary N) is 2. The van der Waals surface area contributed by atoms with Gasteiger partial charge in [0.2, 0.25) is 0 Å². The van der Waals surface area contributed by atoms with Crippen molar-refractivity contribution in [2.75, 3.05) is 11.9 Å². The van der Waals surface area contributed by atoms with E-state index in [2.05, 4.69) is 10.6 Å². The Hall–Kier alpha value is -2.87. The number of carbonyl (C=O) groups is 2. The molecular weight excluding hydrogens is 370 g/mol. The molecule has 1 heterocycles. The van der Waals surface area contributed by atoms with E-state index in [1.54, 1.807) is 0 Å². The van der Waals surface area contributed by atoms with Gasteiger partial charge in [0.1, 0.15) is 5.75 Å². The maximum absolute atomic E-state index is 13.3. The van der Waals surface area contributed by atoms with Crippen molar-refractivity contribution in [2.24, 2.45) is 0 Å². The molecule has 0 spiro atoms. The van der Waals surface area contributed by atoms with Crippen LogP contribution in [0.3, 0.4) is 0 Å². The van der Waals surface area contributed by atoms with Gasteiger partial charge in [-0.3, -0.25) is 4.79 Å². The molecule has 0 saturated carbocycles. The normalized spacial score (nSPS) is 15.6. The van der Waals surface area contributed by atoms with Crippen molar-refractivity contribution in [1.82, 2.24) is 5.32 Å². The van der Waals surface area contributed by atoms with Crippen LogP contribution in [0.4, 0.5) is 19.3 Å². The maximum atomic E-state index is 13.3. The highest BCUT2D eigenvalue weighted by molar-refractivity contribution is 6.32. The summed E-state index contributed by atoms with van der Waals surface area (Å²) in [5.74, 6) is -2.59. The van der Waals surface area contributed by atoms with Gasteiger partial charge in [-0.25, -0.2) is 13.6 Å². The lowest BCUT2D eigenvalue weighted by atomic mass is 9.97. The zero-order valence-electron chi connectivity index (χ0n) is 13.2. The second-order valence-corrected chi connectivity index (χ2v) is 5.97. The quantitative estimate of drug-likeness (QED) is 0.749. The van der Waals surface area contributed by atoms with Crippen LogP contribution < -0.4 is 15.4 Å². The molecule has 0 bridgehead atoms. The molecule has 1 atom stereocenters. The molecule has 2 amide bonds. The van der Waals surface area contributed by atoms with Gasteiger partial charge in [0.25, 0.3) is 5.91 Å². The fourth-order valence-electron chi connectivity index (χ4n) is 2.72. The molecule has 3 rings (SSSR count). The minimum Gasteiger partial charge on any atom is -0.492 e. The number of carboxylic acid groups (broad SMARTS) is 1. The fourth-order valence-corrected chi connectivity index (χ4v) is 3.00. The van der Waals surface area contributed by atoms with E-state index >= 15 is 0 Å². The number of hydrogen-bond donors (Lipinski definition) is 3. The summed E-state index contributed by atoms with van der Waals surface area (Å²) in [6, 6.07) is 5.20. The topological polar surface area (TPSA) is 87.7 Å². The SMILES string of the molecule is O=C(O)NC1CCOc2c(C(=O)Nc3ccc(F)c(F)c3)ccc(Cl)c21. The molecule has 3 N–H and O–H groups in total. The van der Waals surface area contributed by atoms with Crippen molar-refractivity contribution in [3.05, 3.63) is 58.1 Å². The summed E-state index contributed by atoms with van der Waals surface area (Å²) in [7, 11) is 0. The molecule has 9 heteroatoms. The highest BCUT2D eigenvalue weighted by Gasteiger charge is 2.29. The summed E-state index contributed by atoms with van der Waals surface area (Å²) < 4.78 is 31.8. The molecule has 0 fully saturated rings. The number of amides is 2. The third-order valence-electron chi connectivity index (χ3n) is 3.86. The Bertz CT molecular complexity index is 891. The molecule has 1 unspecified atom stereocenters. The number of hydrogen-bond acceptors (Lipinski definition) is 3. The van der Waals surface area contributed by atoms with Crippen LogP contribution in [-0.4, -0.2) is 23.7 Å². The van der Waals surface area contributed by atoms with Crippen molar-refractivity contribution in [3.63, 3.8) is 0 Å². The Labute approximate surface area is 151 Å². The summed E-state index contributed by atoms with van der Waals surface area (Å²) in [6.45, 7) is 0.184. The number of fused-ring (bicyclic) bond motifs is 1. The van der Waals surface area contributed by atoms with E-state index in [9.17, 15) is 18.4 Å². The number of benzene rings is 2. The molecule has 136 valence electrons. The van der Waals surface area contributed by atoms with Crippen molar-refractivity contribution in [3.8, 4) is 5.75 Å². The van der Waals surface area contributed by atoms with Crippen LogP contribution >= 0.6 is 11.6 Å². The molecule has 1 aliphatic rings. The van der Waals surface area contributed by atoms with Gasteiger partial charge in [0.15, 0.2) is 11.6 Å². The molecule has 26 heavy (non-hydrogen) atoms. The van der Waals surface area contributed by atoms with Gasteiger partial charge in [-0.2, -0.15) is 0 Å². The Kier molecular flexibility index (Phi) is 4.94. The highest BCUT2D eigenvalue weighted by Crippen LogP contribution is 2.40. The van der Waals surface area contributed by atoms with E-state index in [-0.39, 0.29) is 28.6 Å². The lowest BCUT2D eigenvalue weighted by Crippen LogP contribution is -2.32. The van der Waals surface area contributed by atoms with Crippen LogP contribution in [0.5, 0.6) is 5.75 Å². The molecule has 0 radical (unpaired) electrons. The first-order valence-corrected chi connectivity index (χ1v) is 7.95. The Morgan fingerprint density at radius 2 is 1.96 bits per heavy atom. The average molecular weight is 383 g/mol. The number of anilines is 1. The molecule has 1 aliphatic heterocycles. The molecule has 6 nitrogen and oxygen atoms in total. The zero-order valence-corrected chi connectivity index (χ0v) is 13.9. The number of halogens is 3. The van der Waals surface area contributed by atoms with Crippen molar-refractivity contribution >= 4 is 29.3 Å². The molecule has 0 aromatic heterocycles. The third kappa shape index (κ3) is 3.55. The summed E-state index contributed by atoms with van der Waals surface area (Å²) in [6.07, 6.45) is -0.872. The van der Waals surface area contributed by atoms with Gasteiger partial charge in [-0.1, -0.05) is 11.6 Å². The van der Waals surface area contributed by atoms with Gasteiger partial charge < -0.3 is 20.5 Å². The summed E-state index contributed by atoms with van der Waals surface area (Å²) >= 11 is 6.16. The molecule has 2 aromatic rings. The standard InChI is InChI=1S/C17H13ClF2N2O4/c18-10-3-2-9(15-14(10)13(5-6-26-15)22-17(24)25)16(23)21-8-1-4-11(19)12(20)7-8/h1-4,7,13,22H,5-6H2,(H,21,23)(H,24,25). The van der Waals surface area contributed by atoms with E-state index < -0.39 is 29.7 Å². The maximum Gasteiger partial charge on any atom is 0.405 e. The van der Waals surface area contributed by atoms with Crippen LogP contribution in [0.15, 0.2) is 30.3 Å². The van der Waals surface area contributed by atoms with Crippen LogP contribution in [-0.2, 0) is 0 Å². The van der Waals surface area contributed by atoms with Crippen LogP contribution in [0, 0.1) is 11.6 Å². The minimum absolute atomic E-state index is 0.0635. The predicted octanol–water partition coefficient (Wildman–Crippen LogP) is 3.96. The van der Waals surface area contributed by atoms with Gasteiger partial charge in [-0.15, -0.1) is 0 Å². The number of ether oxygens (including phenoxy) is 1. The second kappa shape index (κ2) is 7.17. The van der Waals surface area contributed by atoms with Gasteiger partial charge >= 0.3 is 6.09 Å². The highest BCUT2D eigenvalue weighted by atomic mass is 35.5. The largest absolute Gasteiger partial charge is 0.492 e. The van der Waals surface area contributed by atoms with Crippen molar-refractivity contribution < 1.29 is 28.2 Å². The van der Waals surface area contributed by atoms with E-state index in [1.165, 1.54) is 18.2 Å². The summed E-state index contributed by atoms with van der Waals surface area (Å²) in [5.41, 5.74) is 0.526. The van der Waals surface area contributed by atoms with Gasteiger partial charge in [0.05, 0.1) is 18.2 Å². The molecule has 0 aliphatic carbocycles. The lowest BCUT2D eigenvalue weighted by molar-refractivity contribution is 0.102. The zero-order chi connectivity index (χ0) is 18.8. The summed E-state index contributed by atoms with van der Waals surface area (Å²) in [4.78, 5) is 23.5. The number of carbonyl (C=O) groups excluding carboxylic acids is 1. The fraction of sp³-hybridized carbons (Fsp3) is 0.176. The Morgan fingerprint density at radius 3 is 2.65 bits per heavy atom. The Balaban J connectivity index is 1.94. The molecule has 2 aromatic carbocycles. The average Bonchev–Trinajstić information content (AvgIpc) is 2.58. The lowest BCUT2D eigenvalue weighted by Gasteiger charge is -2.28. The van der Waals surface area contributed by atoms with E-state index in [1.807, 2.05) is 0 Å². The molecule has 0 saturated heterocycles. The number of rotatable bonds is 3. The third-order valence-corrected chi connectivity index (χ3v) is 4.19. The minimum atomic E-state index is -1.23. The smallest absolute Gasteiger partial charge is 0.405 e. The predicted molar refractivity (Wildman–Crippen MR) is 89.8 cm³/mol. The van der Waals surface area contributed by atoms with Crippen molar-refractivity contribution in [2.45, 2.75) is 12.5 Å². The first-order chi connectivity index (χ1) is 12.4. The van der Waals surface area contributed by atoms with Crippen LogP contribution in [0.1, 0.15) is 28.4 Å². The molecular formula is C17H13ClF2N2O4. The Morgan fingerprint density at radius 1 is 1.19 bits per heavy atom. The van der Waals surface area contributed by atoms with Crippen LogP contribution in [0.2, 0.25) is 5.02 Å². The first-order valence-electron chi connectivity index (χ1n) is 7.58. The monoisotopic (exact) mass is 382 g/mol. The summed E-state index contributed by atoms with van der Waals surface area (Å²) in [5, 5.41) is 14.0. The van der Waals surface area contributed by atoms with E-state index in [4.69, 9.17) is 21.4 Å². The van der Waals surface area contributed by atoms with E-state index in [0.29, 0.717) is 12.0 Å².